The van der Waals surface area contributed by atoms with Gasteiger partial charge in [0.15, 0.2) is 0 Å². The van der Waals surface area contributed by atoms with Crippen molar-refractivity contribution in [2.75, 3.05) is 6.61 Å². The summed E-state index contributed by atoms with van der Waals surface area (Å²) in [4.78, 5) is 14.4. The van der Waals surface area contributed by atoms with Gasteiger partial charge >= 0.3 is 0 Å². The summed E-state index contributed by atoms with van der Waals surface area (Å²) < 4.78 is 12.1. The molecule has 0 spiro atoms. The largest absolute Gasteiger partial charge is 0.463 e. The molecular weight excluding hydrogens is 376 g/mol. The number of carbonyl (C=O) groups excluding carboxylic acids is 1. The lowest BCUT2D eigenvalue weighted by Gasteiger charge is -2.38. The average molecular weight is 405 g/mol. The molecule has 5 heteroatoms. The highest BCUT2D eigenvalue weighted by Gasteiger charge is 2.37. The molecule has 1 heterocycles. The Bertz CT molecular complexity index is 916. The smallest absolute Gasteiger partial charge is 0.220 e. The van der Waals surface area contributed by atoms with Crippen LogP contribution in [0.2, 0.25) is 0 Å². The van der Waals surface area contributed by atoms with Crippen molar-refractivity contribution in [3.05, 3.63) is 77.4 Å². The zero-order chi connectivity index (χ0) is 21.5. The van der Waals surface area contributed by atoms with Gasteiger partial charge < -0.3 is 14.4 Å². The van der Waals surface area contributed by atoms with Gasteiger partial charge in [-0.1, -0.05) is 74.5 Å². The lowest BCUT2D eigenvalue weighted by molar-refractivity contribution is -0.141. The van der Waals surface area contributed by atoms with Crippen LogP contribution in [0.3, 0.4) is 0 Å². The van der Waals surface area contributed by atoms with Gasteiger partial charge in [0.05, 0.1) is 18.2 Å². The van der Waals surface area contributed by atoms with E-state index >= 15 is 0 Å². The molecule has 0 N–H and O–H groups in total. The predicted molar refractivity (Wildman–Crippen MR) is 116 cm³/mol. The van der Waals surface area contributed by atoms with E-state index in [9.17, 15) is 10.1 Å². The zero-order valence-electron chi connectivity index (χ0n) is 17.7. The third-order valence-corrected chi connectivity index (χ3v) is 4.99. The maximum absolute atomic E-state index is 12.6. The summed E-state index contributed by atoms with van der Waals surface area (Å²) in [6.45, 7) is 6.66. The zero-order valence-corrected chi connectivity index (χ0v) is 17.7. The second-order valence-electron chi connectivity index (χ2n) is 7.88. The number of hydrogen-bond acceptors (Lipinski definition) is 4. The first-order valence-corrected chi connectivity index (χ1v) is 10.3. The number of ether oxygens (including phenoxy) is 2. The molecule has 3 rings (SSSR count). The fraction of sp³-hybridized carbons (Fsp3) is 0.360. The second-order valence-corrected chi connectivity index (χ2v) is 7.88. The van der Waals surface area contributed by atoms with Crippen molar-refractivity contribution in [3.63, 3.8) is 0 Å². The van der Waals surface area contributed by atoms with Crippen LogP contribution in [0.25, 0.3) is 5.76 Å². The molecule has 2 aromatic carbocycles. The molecule has 30 heavy (non-hydrogen) atoms. The van der Waals surface area contributed by atoms with E-state index in [1.807, 2.05) is 60.7 Å². The van der Waals surface area contributed by atoms with Gasteiger partial charge in [-0.2, -0.15) is 5.26 Å². The van der Waals surface area contributed by atoms with E-state index in [1.165, 1.54) is 0 Å². The van der Waals surface area contributed by atoms with E-state index in [2.05, 4.69) is 19.9 Å². The van der Waals surface area contributed by atoms with E-state index in [-0.39, 0.29) is 5.91 Å². The molecule has 5 nitrogen and oxygen atoms in total. The maximum atomic E-state index is 12.6. The SMILES string of the molecule is CC(=O)N(Cc1ccccc1)[C@H]1C[C@@H](OCC(C)C)OC(c2ccccc2)=C1C#N. The van der Waals surface area contributed by atoms with Gasteiger partial charge in [-0.3, -0.25) is 4.79 Å². The third kappa shape index (κ3) is 5.28. The van der Waals surface area contributed by atoms with Gasteiger partial charge in [-0.15, -0.1) is 0 Å². The quantitative estimate of drug-likeness (QED) is 0.668. The van der Waals surface area contributed by atoms with Gasteiger partial charge in [-0.05, 0) is 11.5 Å². The highest BCUT2D eigenvalue weighted by Crippen LogP contribution is 2.35. The third-order valence-electron chi connectivity index (χ3n) is 4.99. The first kappa shape index (κ1) is 21.6. The Labute approximate surface area is 178 Å². The highest BCUT2D eigenvalue weighted by molar-refractivity contribution is 5.76. The highest BCUT2D eigenvalue weighted by atomic mass is 16.7. The molecule has 0 aromatic heterocycles. The lowest BCUT2D eigenvalue weighted by Crippen LogP contribution is -2.45. The molecule has 156 valence electrons. The Morgan fingerprint density at radius 1 is 1.17 bits per heavy atom. The molecule has 1 aliphatic heterocycles. The normalized spacial score (nSPS) is 18.6. The summed E-state index contributed by atoms with van der Waals surface area (Å²) in [6.07, 6.45) is -0.111. The van der Waals surface area contributed by atoms with Crippen LogP contribution in [-0.4, -0.2) is 29.7 Å². The fourth-order valence-electron chi connectivity index (χ4n) is 3.54. The van der Waals surface area contributed by atoms with Gasteiger partial charge in [0.25, 0.3) is 0 Å². The van der Waals surface area contributed by atoms with Crippen LogP contribution >= 0.6 is 0 Å². The Hall–Kier alpha value is -3.10. The molecule has 0 saturated carbocycles. The van der Waals surface area contributed by atoms with Gasteiger partial charge in [0.1, 0.15) is 11.8 Å². The van der Waals surface area contributed by atoms with Crippen LogP contribution in [0.4, 0.5) is 0 Å². The number of benzene rings is 2. The van der Waals surface area contributed by atoms with Gasteiger partial charge in [-0.25, -0.2) is 0 Å². The van der Waals surface area contributed by atoms with Crippen molar-refractivity contribution in [3.8, 4) is 6.07 Å². The molecule has 2 aromatic rings. The number of nitrogens with zero attached hydrogens (tertiary/aromatic N) is 2. The van der Waals surface area contributed by atoms with Crippen molar-refractivity contribution in [1.82, 2.24) is 4.90 Å². The maximum Gasteiger partial charge on any atom is 0.220 e. The van der Waals surface area contributed by atoms with Crippen LogP contribution in [0.15, 0.2) is 66.2 Å². The molecule has 0 unspecified atom stereocenters. The molecule has 0 bridgehead atoms. The second kappa shape index (κ2) is 10.1. The van der Waals surface area contributed by atoms with Crippen molar-refractivity contribution >= 4 is 11.7 Å². The lowest BCUT2D eigenvalue weighted by atomic mass is 9.95. The molecule has 1 amide bonds. The van der Waals surface area contributed by atoms with E-state index in [1.54, 1.807) is 11.8 Å². The van der Waals surface area contributed by atoms with Gasteiger partial charge in [0, 0.05) is 25.5 Å². The summed E-state index contributed by atoms with van der Waals surface area (Å²) in [5.74, 6) is 0.748. The van der Waals surface area contributed by atoms with E-state index in [4.69, 9.17) is 9.47 Å². The first-order chi connectivity index (χ1) is 14.5. The summed E-state index contributed by atoms with van der Waals surface area (Å²) in [5.41, 5.74) is 2.27. The summed E-state index contributed by atoms with van der Waals surface area (Å²) in [7, 11) is 0. The molecule has 0 radical (unpaired) electrons. The van der Waals surface area contributed by atoms with E-state index in [0.717, 1.165) is 11.1 Å². The average Bonchev–Trinajstić information content (AvgIpc) is 2.76. The van der Waals surface area contributed by atoms with Crippen LogP contribution in [-0.2, 0) is 20.8 Å². The summed E-state index contributed by atoms with van der Waals surface area (Å²) in [6, 6.07) is 21.2. The Kier molecular flexibility index (Phi) is 7.26. The number of hydrogen-bond donors (Lipinski definition) is 0. The van der Waals surface area contributed by atoms with Gasteiger partial charge in [0.2, 0.25) is 12.2 Å². The molecule has 0 fully saturated rings. The van der Waals surface area contributed by atoms with Crippen molar-refractivity contribution < 1.29 is 14.3 Å². The van der Waals surface area contributed by atoms with Crippen LogP contribution in [0.5, 0.6) is 0 Å². The van der Waals surface area contributed by atoms with E-state index in [0.29, 0.717) is 36.8 Å². The fourth-order valence-corrected chi connectivity index (χ4v) is 3.54. The number of amides is 1. The predicted octanol–water partition coefficient (Wildman–Crippen LogP) is 4.76. The van der Waals surface area contributed by atoms with Crippen molar-refractivity contribution in [2.45, 2.75) is 46.1 Å². The van der Waals surface area contributed by atoms with Crippen LogP contribution in [0, 0.1) is 17.2 Å². The standard InChI is InChI=1S/C25H28N2O3/c1-18(2)17-29-24-14-23(27(19(3)28)16-20-10-6-4-7-11-20)22(15-26)25(30-24)21-12-8-5-9-13-21/h4-13,18,23-24H,14,16-17H2,1-3H3/t23-,24-/m0/s1. The summed E-state index contributed by atoms with van der Waals surface area (Å²) in [5, 5.41) is 10.0. The molecular formula is C25H28N2O3. The minimum atomic E-state index is -0.526. The topological polar surface area (TPSA) is 62.6 Å². The molecule has 0 aliphatic carbocycles. The number of nitriles is 1. The Balaban J connectivity index is 2.01. The Morgan fingerprint density at radius 3 is 2.37 bits per heavy atom. The van der Waals surface area contributed by atoms with Crippen LogP contribution in [0.1, 0.15) is 38.3 Å². The van der Waals surface area contributed by atoms with E-state index < -0.39 is 12.3 Å². The number of rotatable bonds is 7. The van der Waals surface area contributed by atoms with Crippen molar-refractivity contribution in [2.24, 2.45) is 5.92 Å². The minimum Gasteiger partial charge on any atom is -0.463 e. The summed E-state index contributed by atoms with van der Waals surface area (Å²) >= 11 is 0. The first-order valence-electron chi connectivity index (χ1n) is 10.3. The Morgan fingerprint density at radius 2 is 1.80 bits per heavy atom. The minimum absolute atomic E-state index is 0.0893. The monoisotopic (exact) mass is 404 g/mol. The molecule has 0 saturated heterocycles. The molecule has 1 aliphatic rings. The molecule has 2 atom stereocenters. The number of carbonyl (C=O) groups is 1. The van der Waals surface area contributed by atoms with Crippen molar-refractivity contribution in [1.29, 1.82) is 5.26 Å². The van der Waals surface area contributed by atoms with Crippen LogP contribution < -0.4 is 0 Å².